The average molecular weight is 476 g/mol. The number of halogens is 1. The topological polar surface area (TPSA) is 105 Å². The van der Waals surface area contributed by atoms with Crippen molar-refractivity contribution in [3.05, 3.63) is 101 Å². The van der Waals surface area contributed by atoms with E-state index in [1.54, 1.807) is 72.8 Å². The van der Waals surface area contributed by atoms with Crippen LogP contribution in [0, 0.1) is 0 Å². The molecular weight excluding hydrogens is 458 g/mol. The van der Waals surface area contributed by atoms with Gasteiger partial charge in [-0.3, -0.25) is 14.4 Å². The van der Waals surface area contributed by atoms with Crippen molar-refractivity contribution >= 4 is 52.4 Å². The van der Waals surface area contributed by atoms with E-state index in [-0.39, 0.29) is 10.7 Å². The van der Waals surface area contributed by atoms with Crippen molar-refractivity contribution in [3.63, 3.8) is 0 Å². The van der Waals surface area contributed by atoms with Gasteiger partial charge in [-0.25, -0.2) is 9.69 Å². The van der Waals surface area contributed by atoms with Crippen molar-refractivity contribution in [2.75, 3.05) is 22.6 Å². The van der Waals surface area contributed by atoms with Crippen molar-refractivity contribution < 1.29 is 23.9 Å². The first-order valence-electron chi connectivity index (χ1n) is 10.1. The van der Waals surface area contributed by atoms with Gasteiger partial charge in [0.1, 0.15) is 10.7 Å². The van der Waals surface area contributed by atoms with Crippen molar-refractivity contribution in [1.82, 2.24) is 0 Å². The molecule has 3 aromatic rings. The van der Waals surface area contributed by atoms with Crippen LogP contribution in [0.2, 0.25) is 0 Å². The van der Waals surface area contributed by atoms with Gasteiger partial charge < -0.3 is 15.4 Å². The highest BCUT2D eigenvalue weighted by atomic mass is 35.5. The smallest absolute Gasteiger partial charge is 0.337 e. The van der Waals surface area contributed by atoms with Crippen LogP contribution in [-0.2, 0) is 14.3 Å². The molecule has 0 saturated carbocycles. The van der Waals surface area contributed by atoms with Crippen molar-refractivity contribution in [1.29, 1.82) is 0 Å². The van der Waals surface area contributed by atoms with E-state index in [4.69, 9.17) is 11.6 Å². The van der Waals surface area contributed by atoms with Gasteiger partial charge in [0.15, 0.2) is 0 Å². The van der Waals surface area contributed by atoms with Crippen LogP contribution in [0.3, 0.4) is 0 Å². The Morgan fingerprint density at radius 3 is 2.21 bits per heavy atom. The molecule has 0 bridgehead atoms. The lowest BCUT2D eigenvalue weighted by molar-refractivity contribution is -0.120. The van der Waals surface area contributed by atoms with Crippen LogP contribution < -0.4 is 15.5 Å². The standard InChI is InChI=1S/C25H18ClN3O5/c1-34-25(33)16-6-5-7-18(14-16)28-22(30)15-10-12-17(13-11-15)27-21-20(26)23(31)29(24(21)32)19-8-3-2-4-9-19/h2-14,27H,1H3,(H,28,30). The molecule has 1 aliphatic heterocycles. The summed E-state index contributed by atoms with van der Waals surface area (Å²) in [4.78, 5) is 50.6. The molecule has 0 fully saturated rings. The van der Waals surface area contributed by atoms with Gasteiger partial charge in [-0.15, -0.1) is 0 Å². The quantitative estimate of drug-likeness (QED) is 0.409. The minimum Gasteiger partial charge on any atom is -0.465 e. The van der Waals surface area contributed by atoms with Gasteiger partial charge in [-0.2, -0.15) is 0 Å². The first-order valence-corrected chi connectivity index (χ1v) is 10.5. The second-order valence-electron chi connectivity index (χ2n) is 7.20. The summed E-state index contributed by atoms with van der Waals surface area (Å²) in [5.41, 5.74) is 1.92. The summed E-state index contributed by atoms with van der Waals surface area (Å²) in [6.07, 6.45) is 0. The number of benzene rings is 3. The molecule has 9 heteroatoms. The van der Waals surface area contributed by atoms with E-state index in [0.717, 1.165) is 4.90 Å². The molecule has 4 rings (SSSR count). The lowest BCUT2D eigenvalue weighted by Gasteiger charge is -2.15. The monoisotopic (exact) mass is 475 g/mol. The summed E-state index contributed by atoms with van der Waals surface area (Å²) in [6.45, 7) is 0. The first kappa shape index (κ1) is 22.8. The highest BCUT2D eigenvalue weighted by molar-refractivity contribution is 6.53. The molecule has 2 N–H and O–H groups in total. The first-order chi connectivity index (χ1) is 16.4. The molecule has 0 spiro atoms. The van der Waals surface area contributed by atoms with Crippen LogP contribution in [0.25, 0.3) is 0 Å². The third-order valence-corrected chi connectivity index (χ3v) is 5.35. The SMILES string of the molecule is COC(=O)c1cccc(NC(=O)c2ccc(NC3=C(Cl)C(=O)N(c4ccccc4)C3=O)cc2)c1. The number of methoxy groups -OCH3 is 1. The fourth-order valence-electron chi connectivity index (χ4n) is 3.32. The molecule has 0 radical (unpaired) electrons. The van der Waals surface area contributed by atoms with Crippen molar-refractivity contribution in [3.8, 4) is 0 Å². The molecule has 1 heterocycles. The summed E-state index contributed by atoms with van der Waals surface area (Å²) >= 11 is 6.14. The summed E-state index contributed by atoms with van der Waals surface area (Å²) < 4.78 is 4.68. The maximum atomic E-state index is 12.8. The number of hydrogen-bond donors (Lipinski definition) is 2. The number of nitrogens with zero attached hydrogens (tertiary/aromatic N) is 1. The summed E-state index contributed by atoms with van der Waals surface area (Å²) in [7, 11) is 1.28. The Morgan fingerprint density at radius 1 is 0.824 bits per heavy atom. The summed E-state index contributed by atoms with van der Waals surface area (Å²) in [6, 6.07) is 21.1. The number of para-hydroxylation sites is 1. The molecule has 0 aliphatic carbocycles. The van der Waals surface area contributed by atoms with Gasteiger partial charge in [-0.1, -0.05) is 35.9 Å². The van der Waals surface area contributed by atoms with Crippen molar-refractivity contribution in [2.24, 2.45) is 0 Å². The average Bonchev–Trinajstić information content (AvgIpc) is 3.07. The Bertz CT molecular complexity index is 1320. The summed E-state index contributed by atoms with van der Waals surface area (Å²) in [5.74, 6) is -2.10. The van der Waals surface area contributed by atoms with Gasteiger partial charge in [0.05, 0.1) is 18.4 Å². The van der Waals surface area contributed by atoms with E-state index in [9.17, 15) is 19.2 Å². The largest absolute Gasteiger partial charge is 0.465 e. The Hall–Kier alpha value is -4.43. The molecular formula is C25H18ClN3O5. The molecule has 8 nitrogen and oxygen atoms in total. The zero-order valence-electron chi connectivity index (χ0n) is 17.9. The molecule has 0 atom stereocenters. The van der Waals surface area contributed by atoms with E-state index in [1.807, 2.05) is 0 Å². The molecule has 0 unspecified atom stereocenters. The number of carbonyl (C=O) groups excluding carboxylic acids is 4. The van der Waals surface area contributed by atoms with Gasteiger partial charge in [0.25, 0.3) is 17.7 Å². The van der Waals surface area contributed by atoms with Crippen LogP contribution >= 0.6 is 11.6 Å². The Labute approximate surface area is 199 Å². The van der Waals surface area contributed by atoms with Crippen molar-refractivity contribution in [2.45, 2.75) is 0 Å². The third-order valence-electron chi connectivity index (χ3n) is 5.00. The van der Waals surface area contributed by atoms with E-state index in [1.165, 1.54) is 13.2 Å². The molecule has 3 amide bonds. The van der Waals surface area contributed by atoms with Crippen LogP contribution in [0.5, 0.6) is 0 Å². The maximum absolute atomic E-state index is 12.8. The van der Waals surface area contributed by atoms with Crippen LogP contribution in [0.4, 0.5) is 17.1 Å². The number of imide groups is 1. The van der Waals surface area contributed by atoms with Gasteiger partial charge in [0, 0.05) is 16.9 Å². The number of esters is 1. The van der Waals surface area contributed by atoms with E-state index >= 15 is 0 Å². The maximum Gasteiger partial charge on any atom is 0.337 e. The van der Waals surface area contributed by atoms with E-state index < -0.39 is 23.7 Å². The molecule has 170 valence electrons. The highest BCUT2D eigenvalue weighted by Gasteiger charge is 2.38. The van der Waals surface area contributed by atoms with Crippen LogP contribution in [0.15, 0.2) is 89.6 Å². The minimum atomic E-state index is -0.620. The molecule has 3 aromatic carbocycles. The fourth-order valence-corrected chi connectivity index (χ4v) is 3.53. The van der Waals surface area contributed by atoms with Gasteiger partial charge in [-0.05, 0) is 54.6 Å². The Balaban J connectivity index is 1.46. The van der Waals surface area contributed by atoms with E-state index in [2.05, 4.69) is 15.4 Å². The molecule has 0 saturated heterocycles. The van der Waals surface area contributed by atoms with Crippen LogP contribution in [-0.4, -0.2) is 30.8 Å². The zero-order chi connectivity index (χ0) is 24.2. The summed E-state index contributed by atoms with van der Waals surface area (Å²) in [5, 5.41) is 5.36. The van der Waals surface area contributed by atoms with E-state index in [0.29, 0.717) is 28.2 Å². The zero-order valence-corrected chi connectivity index (χ0v) is 18.6. The minimum absolute atomic E-state index is 0.0488. The Morgan fingerprint density at radius 2 is 1.53 bits per heavy atom. The Kier molecular flexibility index (Phi) is 6.42. The number of hydrogen-bond acceptors (Lipinski definition) is 6. The molecule has 0 aromatic heterocycles. The number of ether oxygens (including phenoxy) is 1. The second-order valence-corrected chi connectivity index (χ2v) is 7.58. The molecule has 34 heavy (non-hydrogen) atoms. The number of amides is 3. The van der Waals surface area contributed by atoms with Gasteiger partial charge >= 0.3 is 5.97 Å². The third kappa shape index (κ3) is 4.53. The lowest BCUT2D eigenvalue weighted by atomic mass is 10.1. The second kappa shape index (κ2) is 9.60. The number of rotatable bonds is 6. The van der Waals surface area contributed by atoms with Gasteiger partial charge in [0.2, 0.25) is 0 Å². The normalized spacial score (nSPS) is 13.2. The predicted octanol–water partition coefficient (Wildman–Crippen LogP) is 4.16. The number of carbonyl (C=O) groups is 4. The molecule has 1 aliphatic rings. The highest BCUT2D eigenvalue weighted by Crippen LogP contribution is 2.30. The lowest BCUT2D eigenvalue weighted by Crippen LogP contribution is -2.32. The number of nitrogens with one attached hydrogen (secondary N) is 2. The predicted molar refractivity (Wildman–Crippen MR) is 128 cm³/mol. The fraction of sp³-hybridized carbons (Fsp3) is 0.0400. The number of anilines is 3. The van der Waals surface area contributed by atoms with Crippen LogP contribution in [0.1, 0.15) is 20.7 Å².